The average Bonchev–Trinajstić information content (AvgIpc) is 3.07. The van der Waals surface area contributed by atoms with E-state index in [0.29, 0.717) is 13.0 Å². The molecule has 0 aliphatic carbocycles. The third-order valence-corrected chi connectivity index (χ3v) is 8.43. The fourth-order valence-corrected chi connectivity index (χ4v) is 5.49. The van der Waals surface area contributed by atoms with Crippen molar-refractivity contribution in [2.75, 3.05) is 33.0 Å². The number of carbonyl (C=O) groups is 1. The Bertz CT molecular complexity index is 916. The number of phosphoric ester groups is 1. The molecule has 0 amide bonds. The van der Waals surface area contributed by atoms with Crippen LogP contribution in [0.1, 0.15) is 142 Å². The van der Waals surface area contributed by atoms with E-state index in [2.05, 4.69) is 74.6 Å². The van der Waals surface area contributed by atoms with Gasteiger partial charge in [0.1, 0.15) is 6.10 Å². The van der Waals surface area contributed by atoms with Crippen molar-refractivity contribution in [1.29, 1.82) is 0 Å². The molecule has 0 saturated carbocycles. The molecule has 0 saturated heterocycles. The first-order chi connectivity index (χ1) is 23.4. The van der Waals surface area contributed by atoms with Gasteiger partial charge in [-0.05, 0) is 57.8 Å². The third kappa shape index (κ3) is 35.5. The summed E-state index contributed by atoms with van der Waals surface area (Å²) in [6, 6.07) is 0. The van der Waals surface area contributed by atoms with Crippen molar-refractivity contribution in [3.05, 3.63) is 60.8 Å². The van der Waals surface area contributed by atoms with Crippen molar-refractivity contribution in [3.8, 4) is 0 Å². The molecule has 0 aliphatic rings. The highest BCUT2D eigenvalue weighted by atomic mass is 31.2. The lowest BCUT2D eigenvalue weighted by atomic mass is 10.1. The van der Waals surface area contributed by atoms with E-state index in [0.717, 1.165) is 64.2 Å². The second-order valence-electron chi connectivity index (χ2n) is 12.1. The number of hydrogen-bond donors (Lipinski definition) is 2. The Morgan fingerprint density at radius 1 is 0.646 bits per heavy atom. The fourth-order valence-electron chi connectivity index (χ4n) is 4.73. The zero-order valence-electron chi connectivity index (χ0n) is 30.4. The maximum atomic E-state index is 12.5. The molecular formula is C39H70NO7P. The molecule has 0 aromatic heterocycles. The molecule has 3 N–H and O–H groups in total. The van der Waals surface area contributed by atoms with Gasteiger partial charge >= 0.3 is 13.8 Å². The number of hydrogen-bond acceptors (Lipinski definition) is 7. The Hall–Kier alpha value is -1.80. The lowest BCUT2D eigenvalue weighted by Crippen LogP contribution is -2.28. The number of ether oxygens (including phenoxy) is 2. The maximum absolute atomic E-state index is 12.5. The summed E-state index contributed by atoms with van der Waals surface area (Å²) < 4.78 is 33.2. The maximum Gasteiger partial charge on any atom is 0.472 e. The molecule has 0 radical (unpaired) electrons. The van der Waals surface area contributed by atoms with Crippen LogP contribution in [0.2, 0.25) is 0 Å². The van der Waals surface area contributed by atoms with Gasteiger partial charge in [-0.25, -0.2) is 4.57 Å². The summed E-state index contributed by atoms with van der Waals surface area (Å²) in [5.74, 6) is -0.364. The molecule has 48 heavy (non-hydrogen) atoms. The molecule has 0 rings (SSSR count). The van der Waals surface area contributed by atoms with Crippen LogP contribution in [0, 0.1) is 0 Å². The van der Waals surface area contributed by atoms with Gasteiger partial charge in [0, 0.05) is 19.6 Å². The Morgan fingerprint density at radius 2 is 1.17 bits per heavy atom. The Kier molecular flexibility index (Phi) is 35.1. The molecule has 9 heteroatoms. The Balaban J connectivity index is 4.17. The number of phosphoric acid groups is 1. The van der Waals surface area contributed by atoms with Gasteiger partial charge in [-0.15, -0.1) is 0 Å². The van der Waals surface area contributed by atoms with Crippen molar-refractivity contribution in [3.63, 3.8) is 0 Å². The van der Waals surface area contributed by atoms with Crippen LogP contribution in [0.3, 0.4) is 0 Å². The predicted molar refractivity (Wildman–Crippen MR) is 201 cm³/mol. The summed E-state index contributed by atoms with van der Waals surface area (Å²) >= 11 is 0. The number of carbonyl (C=O) groups excluding carboxylic acids is 1. The largest absolute Gasteiger partial charge is 0.472 e. The number of allylic oxidation sites excluding steroid dienone is 10. The molecule has 278 valence electrons. The molecule has 2 atom stereocenters. The quantitative estimate of drug-likeness (QED) is 0.0291. The van der Waals surface area contributed by atoms with E-state index in [1.807, 2.05) is 0 Å². The Labute approximate surface area is 293 Å². The monoisotopic (exact) mass is 695 g/mol. The van der Waals surface area contributed by atoms with Crippen LogP contribution in [0.5, 0.6) is 0 Å². The molecule has 0 aliphatic heterocycles. The molecule has 0 fully saturated rings. The smallest absolute Gasteiger partial charge is 0.457 e. The molecule has 0 aromatic rings. The molecule has 2 unspecified atom stereocenters. The van der Waals surface area contributed by atoms with Gasteiger partial charge in [-0.1, -0.05) is 139 Å². The summed E-state index contributed by atoms with van der Waals surface area (Å²) in [6.45, 7) is 4.73. The van der Waals surface area contributed by atoms with Gasteiger partial charge in [0.2, 0.25) is 0 Å². The summed E-state index contributed by atoms with van der Waals surface area (Å²) in [5.41, 5.74) is 5.34. The molecular weight excluding hydrogens is 625 g/mol. The van der Waals surface area contributed by atoms with Crippen LogP contribution >= 0.6 is 7.82 Å². The van der Waals surface area contributed by atoms with Crippen molar-refractivity contribution < 1.29 is 32.8 Å². The van der Waals surface area contributed by atoms with Crippen LogP contribution < -0.4 is 5.73 Å². The standard InChI is InChI=1S/C39H70NO7P/c1-3-5-7-9-11-13-15-16-17-18-19-20-21-22-23-24-26-28-30-32-39(41)47-38(37-46-48(42,43)45-35-33-40)36-44-34-31-29-27-25-14-12-10-8-6-4-2/h5,7,11,13,16-17,19-20,22-23,38H,3-4,6,8-10,12,14-15,18,21,24-37,40H2,1-2H3,(H,42,43)/b7-5-,13-11-,17-16-,20-19-,23-22-. The lowest BCUT2D eigenvalue weighted by molar-refractivity contribution is -0.154. The van der Waals surface area contributed by atoms with Crippen LogP contribution in [0.25, 0.3) is 0 Å². The van der Waals surface area contributed by atoms with Crippen molar-refractivity contribution in [1.82, 2.24) is 0 Å². The molecule has 8 nitrogen and oxygen atoms in total. The molecule has 0 aromatic carbocycles. The van der Waals surface area contributed by atoms with Gasteiger partial charge in [0.25, 0.3) is 0 Å². The number of rotatable bonds is 35. The minimum atomic E-state index is -4.28. The molecule has 0 bridgehead atoms. The summed E-state index contributed by atoms with van der Waals surface area (Å²) in [7, 11) is -4.28. The summed E-state index contributed by atoms with van der Waals surface area (Å²) in [5, 5.41) is 0. The second-order valence-corrected chi connectivity index (χ2v) is 13.5. The Morgan fingerprint density at radius 3 is 1.73 bits per heavy atom. The summed E-state index contributed by atoms with van der Waals surface area (Å²) in [6.07, 6.45) is 42.3. The van der Waals surface area contributed by atoms with Gasteiger partial charge in [0.05, 0.1) is 19.8 Å². The number of nitrogens with two attached hydrogens (primary N) is 1. The normalized spacial score (nSPS) is 14.3. The number of esters is 1. The highest BCUT2D eigenvalue weighted by Gasteiger charge is 2.25. The topological polar surface area (TPSA) is 117 Å². The van der Waals surface area contributed by atoms with Gasteiger partial charge < -0.3 is 20.1 Å². The van der Waals surface area contributed by atoms with E-state index in [4.69, 9.17) is 24.3 Å². The first kappa shape index (κ1) is 46.2. The van der Waals surface area contributed by atoms with E-state index in [9.17, 15) is 14.3 Å². The first-order valence-corrected chi connectivity index (χ1v) is 20.3. The lowest BCUT2D eigenvalue weighted by Gasteiger charge is -2.20. The van der Waals surface area contributed by atoms with E-state index in [1.54, 1.807) is 0 Å². The zero-order chi connectivity index (χ0) is 35.2. The minimum absolute atomic E-state index is 0.0926. The van der Waals surface area contributed by atoms with Crippen molar-refractivity contribution in [2.24, 2.45) is 5.73 Å². The highest BCUT2D eigenvalue weighted by molar-refractivity contribution is 7.47. The first-order valence-electron chi connectivity index (χ1n) is 18.8. The average molecular weight is 696 g/mol. The van der Waals surface area contributed by atoms with Crippen molar-refractivity contribution in [2.45, 2.75) is 148 Å². The predicted octanol–water partition coefficient (Wildman–Crippen LogP) is 10.6. The van der Waals surface area contributed by atoms with E-state index >= 15 is 0 Å². The van der Waals surface area contributed by atoms with Gasteiger partial charge in [0.15, 0.2) is 0 Å². The SMILES string of the molecule is CC/C=C\C/C=C\C/C=C\C/C=C\C/C=C\CCCCCC(=O)OC(COCCCCCCCCCCCC)COP(=O)(O)OCCN. The van der Waals surface area contributed by atoms with Crippen LogP contribution in [-0.4, -0.2) is 49.9 Å². The van der Waals surface area contributed by atoms with E-state index < -0.39 is 13.9 Å². The zero-order valence-corrected chi connectivity index (χ0v) is 31.3. The van der Waals surface area contributed by atoms with Crippen molar-refractivity contribution >= 4 is 13.8 Å². The van der Waals surface area contributed by atoms with E-state index in [1.165, 1.54) is 51.4 Å². The highest BCUT2D eigenvalue weighted by Crippen LogP contribution is 2.43. The number of unbranched alkanes of at least 4 members (excludes halogenated alkanes) is 12. The van der Waals surface area contributed by atoms with Crippen LogP contribution in [-0.2, 0) is 27.9 Å². The van der Waals surface area contributed by atoms with Crippen LogP contribution in [0.15, 0.2) is 60.8 Å². The molecule has 0 spiro atoms. The van der Waals surface area contributed by atoms with Gasteiger partial charge in [-0.2, -0.15) is 0 Å². The van der Waals surface area contributed by atoms with E-state index in [-0.39, 0.29) is 38.8 Å². The fraction of sp³-hybridized carbons (Fsp3) is 0.718. The van der Waals surface area contributed by atoms with Crippen LogP contribution in [0.4, 0.5) is 0 Å². The summed E-state index contributed by atoms with van der Waals surface area (Å²) in [4.78, 5) is 22.3. The minimum Gasteiger partial charge on any atom is -0.457 e. The van der Waals surface area contributed by atoms with Gasteiger partial charge in [-0.3, -0.25) is 13.8 Å². The molecule has 0 heterocycles. The third-order valence-electron chi connectivity index (χ3n) is 7.45. The second kappa shape index (κ2) is 36.5.